The molecule has 0 saturated heterocycles. The summed E-state index contributed by atoms with van der Waals surface area (Å²) in [5.74, 6) is 1.50. The first-order valence-corrected chi connectivity index (χ1v) is 8.82. The second-order valence-corrected chi connectivity index (χ2v) is 6.48. The highest BCUT2D eigenvalue weighted by molar-refractivity contribution is 14.0. The fraction of sp³-hybridized carbons (Fsp3) is 0.500. The average molecular weight is 456 g/mol. The Kier molecular flexibility index (Phi) is 11.8. The molecular formula is C14H25IN4O3S. The van der Waals surface area contributed by atoms with Crippen molar-refractivity contribution < 1.29 is 13.2 Å². The number of halogens is 1. The molecule has 23 heavy (non-hydrogen) atoms. The maximum atomic E-state index is 11.3. The largest absolute Gasteiger partial charge is 0.492 e. The van der Waals surface area contributed by atoms with E-state index in [4.69, 9.17) is 4.74 Å². The van der Waals surface area contributed by atoms with Crippen LogP contribution in [0.25, 0.3) is 0 Å². The number of guanidine groups is 1. The first-order chi connectivity index (χ1) is 10.6. The van der Waals surface area contributed by atoms with Gasteiger partial charge in [-0.1, -0.05) is 18.2 Å². The number of para-hydroxylation sites is 1. The van der Waals surface area contributed by atoms with Gasteiger partial charge in [-0.3, -0.25) is 4.99 Å². The summed E-state index contributed by atoms with van der Waals surface area (Å²) < 4.78 is 30.5. The van der Waals surface area contributed by atoms with Crippen LogP contribution in [0.15, 0.2) is 35.3 Å². The van der Waals surface area contributed by atoms with Gasteiger partial charge >= 0.3 is 0 Å². The fourth-order valence-electron chi connectivity index (χ4n) is 1.57. The highest BCUT2D eigenvalue weighted by Gasteiger charge is 2.04. The summed E-state index contributed by atoms with van der Waals surface area (Å²) in [6.07, 6.45) is 0. The predicted octanol–water partition coefficient (Wildman–Crippen LogP) is 0.788. The molecule has 0 saturated carbocycles. The van der Waals surface area contributed by atoms with Crippen LogP contribution in [-0.2, 0) is 10.0 Å². The summed E-state index contributed by atoms with van der Waals surface area (Å²) in [5.41, 5.74) is 0. The maximum Gasteiger partial charge on any atom is 0.211 e. The van der Waals surface area contributed by atoms with Gasteiger partial charge in [-0.2, -0.15) is 0 Å². The molecule has 0 aliphatic carbocycles. The minimum atomic E-state index is -3.15. The van der Waals surface area contributed by atoms with E-state index in [0.29, 0.717) is 32.2 Å². The van der Waals surface area contributed by atoms with Crippen molar-refractivity contribution in [3.05, 3.63) is 30.3 Å². The standard InChI is InChI=1S/C14H24N4O3S.HI/c1-3-22(19,20)18-10-9-16-14(15-2)17-11-12-21-13-7-5-4-6-8-13;/h4-8,18H,3,9-12H2,1-2H3,(H2,15,16,17);1H. The van der Waals surface area contributed by atoms with E-state index in [9.17, 15) is 8.42 Å². The zero-order valence-electron chi connectivity index (χ0n) is 13.4. The second kappa shape index (κ2) is 12.4. The van der Waals surface area contributed by atoms with Gasteiger partial charge in [-0.15, -0.1) is 24.0 Å². The Morgan fingerprint density at radius 2 is 1.78 bits per heavy atom. The highest BCUT2D eigenvalue weighted by Crippen LogP contribution is 2.07. The van der Waals surface area contributed by atoms with Crippen LogP contribution in [0.3, 0.4) is 0 Å². The van der Waals surface area contributed by atoms with Crippen LogP contribution < -0.4 is 20.1 Å². The lowest BCUT2D eigenvalue weighted by molar-refractivity contribution is 0.322. The molecule has 0 aliphatic heterocycles. The van der Waals surface area contributed by atoms with Crippen molar-refractivity contribution in [2.45, 2.75) is 6.92 Å². The third-order valence-electron chi connectivity index (χ3n) is 2.75. The monoisotopic (exact) mass is 456 g/mol. The normalized spacial score (nSPS) is 11.5. The maximum absolute atomic E-state index is 11.3. The van der Waals surface area contributed by atoms with E-state index in [1.165, 1.54) is 0 Å². The predicted molar refractivity (Wildman–Crippen MR) is 104 cm³/mol. The number of benzene rings is 1. The number of hydrogen-bond acceptors (Lipinski definition) is 4. The summed E-state index contributed by atoms with van der Waals surface area (Å²) in [7, 11) is -1.49. The highest BCUT2D eigenvalue weighted by atomic mass is 127. The number of hydrogen-bond donors (Lipinski definition) is 3. The van der Waals surface area contributed by atoms with Gasteiger partial charge < -0.3 is 15.4 Å². The molecule has 132 valence electrons. The zero-order chi connectivity index (χ0) is 16.3. The lowest BCUT2D eigenvalue weighted by Gasteiger charge is -2.12. The van der Waals surface area contributed by atoms with Gasteiger partial charge in [0.15, 0.2) is 5.96 Å². The third-order valence-corrected chi connectivity index (χ3v) is 4.15. The van der Waals surface area contributed by atoms with Crippen LogP contribution in [0.2, 0.25) is 0 Å². The van der Waals surface area contributed by atoms with Gasteiger partial charge in [0.05, 0.1) is 12.3 Å². The molecule has 0 bridgehead atoms. The van der Waals surface area contributed by atoms with Crippen molar-refractivity contribution in [2.24, 2.45) is 4.99 Å². The number of aliphatic imine (C=N–C) groups is 1. The Morgan fingerprint density at radius 3 is 2.39 bits per heavy atom. The van der Waals surface area contributed by atoms with E-state index in [1.54, 1.807) is 14.0 Å². The summed E-state index contributed by atoms with van der Waals surface area (Å²) in [4.78, 5) is 4.05. The van der Waals surface area contributed by atoms with E-state index >= 15 is 0 Å². The zero-order valence-corrected chi connectivity index (χ0v) is 16.6. The van der Waals surface area contributed by atoms with Crippen molar-refractivity contribution in [1.29, 1.82) is 0 Å². The van der Waals surface area contributed by atoms with E-state index in [1.807, 2.05) is 30.3 Å². The van der Waals surface area contributed by atoms with E-state index in [2.05, 4.69) is 20.3 Å². The number of nitrogens with one attached hydrogen (secondary N) is 3. The summed E-state index contributed by atoms with van der Waals surface area (Å²) in [6, 6.07) is 9.56. The molecule has 0 aliphatic rings. The molecule has 1 aromatic rings. The number of rotatable bonds is 9. The molecule has 3 N–H and O–H groups in total. The van der Waals surface area contributed by atoms with Gasteiger partial charge in [0.1, 0.15) is 12.4 Å². The summed E-state index contributed by atoms with van der Waals surface area (Å²) in [6.45, 7) is 3.47. The minimum Gasteiger partial charge on any atom is -0.492 e. The third kappa shape index (κ3) is 10.3. The molecule has 0 heterocycles. The second-order valence-electron chi connectivity index (χ2n) is 4.39. The van der Waals surface area contributed by atoms with Gasteiger partial charge in [-0.25, -0.2) is 13.1 Å². The van der Waals surface area contributed by atoms with Gasteiger partial charge in [-0.05, 0) is 19.1 Å². The molecule has 0 fully saturated rings. The first-order valence-electron chi connectivity index (χ1n) is 7.17. The average Bonchev–Trinajstić information content (AvgIpc) is 2.54. The molecule has 0 aromatic heterocycles. The smallest absolute Gasteiger partial charge is 0.211 e. The Labute approximate surface area is 155 Å². The summed E-state index contributed by atoms with van der Waals surface area (Å²) >= 11 is 0. The Morgan fingerprint density at radius 1 is 1.13 bits per heavy atom. The molecule has 1 rings (SSSR count). The Balaban J connectivity index is 0.00000484. The first kappa shape index (κ1) is 21.9. The van der Waals surface area contributed by atoms with Crippen LogP contribution in [0.5, 0.6) is 5.75 Å². The minimum absolute atomic E-state index is 0. The molecule has 1 aromatic carbocycles. The lowest BCUT2D eigenvalue weighted by atomic mass is 10.3. The molecule has 0 unspecified atom stereocenters. The van der Waals surface area contributed by atoms with Crippen molar-refractivity contribution in [3.8, 4) is 5.75 Å². The van der Waals surface area contributed by atoms with Gasteiger partial charge in [0.25, 0.3) is 0 Å². The van der Waals surface area contributed by atoms with Gasteiger partial charge in [0, 0.05) is 20.1 Å². The molecule has 0 spiro atoms. The van der Waals surface area contributed by atoms with E-state index < -0.39 is 10.0 Å². The van der Waals surface area contributed by atoms with Crippen molar-refractivity contribution >= 4 is 40.0 Å². The fourth-order valence-corrected chi connectivity index (χ4v) is 2.18. The molecular weight excluding hydrogens is 431 g/mol. The van der Waals surface area contributed by atoms with E-state index in [0.717, 1.165) is 5.75 Å². The number of ether oxygens (including phenoxy) is 1. The molecule has 0 atom stereocenters. The Hall–Kier alpha value is -1.07. The van der Waals surface area contributed by atoms with Crippen molar-refractivity contribution in [1.82, 2.24) is 15.4 Å². The van der Waals surface area contributed by atoms with Crippen LogP contribution in [0, 0.1) is 0 Å². The molecule has 0 amide bonds. The summed E-state index contributed by atoms with van der Waals surface area (Å²) in [5, 5.41) is 6.11. The molecule has 7 nitrogen and oxygen atoms in total. The number of sulfonamides is 1. The SMILES string of the molecule is CCS(=O)(=O)NCCNC(=NC)NCCOc1ccccc1.I. The molecule has 0 radical (unpaired) electrons. The quantitative estimate of drug-likeness (QED) is 0.221. The van der Waals surface area contributed by atoms with Crippen molar-refractivity contribution in [2.75, 3.05) is 39.0 Å². The van der Waals surface area contributed by atoms with Gasteiger partial charge in [0.2, 0.25) is 10.0 Å². The van der Waals surface area contributed by atoms with Crippen LogP contribution >= 0.6 is 24.0 Å². The van der Waals surface area contributed by atoms with Crippen LogP contribution in [0.4, 0.5) is 0 Å². The lowest BCUT2D eigenvalue weighted by Crippen LogP contribution is -2.42. The topological polar surface area (TPSA) is 91.8 Å². The van der Waals surface area contributed by atoms with Crippen LogP contribution in [-0.4, -0.2) is 53.4 Å². The van der Waals surface area contributed by atoms with Crippen molar-refractivity contribution in [3.63, 3.8) is 0 Å². The Bertz CT molecular complexity index is 552. The number of nitrogens with zero attached hydrogens (tertiary/aromatic N) is 1. The van der Waals surface area contributed by atoms with Crippen LogP contribution in [0.1, 0.15) is 6.92 Å². The van der Waals surface area contributed by atoms with E-state index in [-0.39, 0.29) is 29.7 Å². The molecule has 9 heteroatoms.